The average Bonchev–Trinajstić information content (AvgIpc) is 2.54. The molecule has 9 heteroatoms. The highest BCUT2D eigenvalue weighted by Gasteiger charge is 2.22. The van der Waals surface area contributed by atoms with Crippen LogP contribution in [0.15, 0.2) is 29.3 Å². The molecular weight excluding hydrogens is 503 g/mol. The molecule has 1 unspecified atom stereocenters. The van der Waals surface area contributed by atoms with Gasteiger partial charge < -0.3 is 15.7 Å². The van der Waals surface area contributed by atoms with E-state index in [1.165, 1.54) is 5.56 Å². The number of benzene rings is 1. The summed E-state index contributed by atoms with van der Waals surface area (Å²) in [5, 5.41) is 16.7. The molecule has 0 fully saturated rings. The molecule has 0 saturated heterocycles. The molecule has 1 atom stereocenters. The highest BCUT2D eigenvalue weighted by molar-refractivity contribution is 14.0. The van der Waals surface area contributed by atoms with Crippen LogP contribution in [-0.4, -0.2) is 50.9 Å². The summed E-state index contributed by atoms with van der Waals surface area (Å²) < 4.78 is 25.5. The van der Waals surface area contributed by atoms with Gasteiger partial charge in [-0.05, 0) is 37.3 Å². The Labute approximate surface area is 193 Å². The Morgan fingerprint density at radius 3 is 2.10 bits per heavy atom. The Morgan fingerprint density at radius 2 is 1.66 bits per heavy atom. The zero-order valence-corrected chi connectivity index (χ0v) is 21.7. The number of guanidine groups is 1. The number of rotatable bonds is 8. The Bertz CT molecular complexity index is 757. The van der Waals surface area contributed by atoms with Crippen LogP contribution in [0.4, 0.5) is 0 Å². The molecule has 0 heterocycles. The van der Waals surface area contributed by atoms with Crippen molar-refractivity contribution in [1.29, 1.82) is 0 Å². The Kier molecular flexibility index (Phi) is 11.1. The van der Waals surface area contributed by atoms with Crippen LogP contribution in [0.5, 0.6) is 0 Å². The molecule has 1 rings (SSSR count). The van der Waals surface area contributed by atoms with E-state index >= 15 is 0 Å². The van der Waals surface area contributed by atoms with E-state index in [0.717, 1.165) is 11.8 Å². The van der Waals surface area contributed by atoms with Crippen molar-refractivity contribution in [1.82, 2.24) is 15.4 Å². The van der Waals surface area contributed by atoms with Crippen molar-refractivity contribution in [3.63, 3.8) is 0 Å². The van der Waals surface area contributed by atoms with Crippen molar-refractivity contribution in [2.24, 2.45) is 4.99 Å². The van der Waals surface area contributed by atoms with E-state index in [9.17, 15) is 13.5 Å². The highest BCUT2D eigenvalue weighted by atomic mass is 127. The van der Waals surface area contributed by atoms with Crippen LogP contribution < -0.4 is 15.4 Å². The van der Waals surface area contributed by atoms with Crippen LogP contribution >= 0.6 is 24.0 Å². The molecule has 0 aliphatic rings. The van der Waals surface area contributed by atoms with Gasteiger partial charge in [0.05, 0.1) is 18.9 Å². The number of halogens is 1. The van der Waals surface area contributed by atoms with Crippen LogP contribution in [0.3, 0.4) is 0 Å². The van der Waals surface area contributed by atoms with Crippen molar-refractivity contribution in [3.8, 4) is 0 Å². The summed E-state index contributed by atoms with van der Waals surface area (Å²) in [5.74, 6) is 0.524. The topological polar surface area (TPSA) is 103 Å². The summed E-state index contributed by atoms with van der Waals surface area (Å²) in [6, 6.07) is 7.96. The first-order valence-electron chi connectivity index (χ1n) is 9.53. The van der Waals surface area contributed by atoms with E-state index in [1.807, 2.05) is 31.2 Å². The lowest BCUT2D eigenvalue weighted by atomic mass is 9.86. The van der Waals surface area contributed by atoms with Gasteiger partial charge in [-0.15, -0.1) is 24.0 Å². The molecule has 0 saturated carbocycles. The van der Waals surface area contributed by atoms with Crippen molar-refractivity contribution in [2.75, 3.05) is 25.9 Å². The second-order valence-electron chi connectivity index (χ2n) is 8.72. The van der Waals surface area contributed by atoms with Gasteiger partial charge in [-0.1, -0.05) is 45.0 Å². The maximum Gasteiger partial charge on any atom is 0.209 e. The minimum atomic E-state index is -3.32. The highest BCUT2D eigenvalue weighted by Crippen LogP contribution is 2.23. The lowest BCUT2D eigenvalue weighted by Crippen LogP contribution is -2.47. The number of sulfonamides is 1. The molecule has 1 aromatic rings. The van der Waals surface area contributed by atoms with Crippen LogP contribution in [0.25, 0.3) is 0 Å². The van der Waals surface area contributed by atoms with Crippen LogP contribution in [-0.2, 0) is 15.4 Å². The van der Waals surface area contributed by atoms with Crippen LogP contribution in [0.2, 0.25) is 0 Å². The Balaban J connectivity index is 0.00000784. The number of hydrogen-bond acceptors (Lipinski definition) is 4. The predicted molar refractivity (Wildman–Crippen MR) is 132 cm³/mol. The minimum Gasteiger partial charge on any atom is -0.387 e. The molecule has 0 aliphatic carbocycles. The number of aliphatic hydroxyl groups is 1. The molecule has 7 nitrogen and oxygen atoms in total. The molecule has 0 aromatic heterocycles. The summed E-state index contributed by atoms with van der Waals surface area (Å²) in [7, 11) is -3.32. The third kappa shape index (κ3) is 11.2. The number of nitrogens with zero attached hydrogens (tertiary/aromatic N) is 1. The van der Waals surface area contributed by atoms with Crippen LogP contribution in [0.1, 0.15) is 58.8 Å². The fourth-order valence-corrected chi connectivity index (χ4v) is 3.74. The standard InChI is InChI=1S/C20H36N4O3S.HI/c1-8-21-18(23-14-20(5,6)24-28(7,26)27)22-13-17(25)15-9-11-16(12-10-15)19(2,3)4;/h9-12,17,24-25H,8,13-14H2,1-7H3,(H2,21,22,23);1H. The number of aliphatic hydroxyl groups excluding tert-OH is 1. The van der Waals surface area contributed by atoms with E-state index in [4.69, 9.17) is 0 Å². The summed E-state index contributed by atoms with van der Waals surface area (Å²) in [6.07, 6.45) is 0.448. The molecule has 1 aromatic carbocycles. The van der Waals surface area contributed by atoms with Gasteiger partial charge in [-0.25, -0.2) is 13.1 Å². The summed E-state index contributed by atoms with van der Waals surface area (Å²) >= 11 is 0. The molecule has 0 aliphatic heterocycles. The van der Waals surface area contributed by atoms with Gasteiger partial charge in [0.15, 0.2) is 5.96 Å². The monoisotopic (exact) mass is 540 g/mol. The van der Waals surface area contributed by atoms with E-state index in [2.05, 4.69) is 41.1 Å². The molecule has 0 spiro atoms. The van der Waals surface area contributed by atoms with Gasteiger partial charge in [0.2, 0.25) is 10.0 Å². The van der Waals surface area contributed by atoms with Gasteiger partial charge >= 0.3 is 0 Å². The molecular formula is C20H37IN4O3S. The van der Waals surface area contributed by atoms with Crippen molar-refractivity contribution < 1.29 is 13.5 Å². The first-order chi connectivity index (χ1) is 12.7. The summed E-state index contributed by atoms with van der Waals surface area (Å²) in [5.41, 5.74) is 1.40. The molecule has 29 heavy (non-hydrogen) atoms. The Hall–Kier alpha value is -0.910. The van der Waals surface area contributed by atoms with E-state index in [0.29, 0.717) is 19.0 Å². The largest absolute Gasteiger partial charge is 0.387 e. The normalized spacial score (nSPS) is 14.1. The van der Waals surface area contributed by atoms with Crippen molar-refractivity contribution >= 4 is 40.0 Å². The Morgan fingerprint density at radius 1 is 1.10 bits per heavy atom. The zero-order valence-electron chi connectivity index (χ0n) is 18.5. The number of nitrogens with one attached hydrogen (secondary N) is 3. The third-order valence-corrected chi connectivity index (χ3v) is 4.99. The van der Waals surface area contributed by atoms with Crippen molar-refractivity contribution in [2.45, 2.75) is 58.6 Å². The first-order valence-corrected chi connectivity index (χ1v) is 11.4. The van der Waals surface area contributed by atoms with Crippen LogP contribution in [0, 0.1) is 0 Å². The third-order valence-electron chi connectivity index (χ3n) is 4.06. The summed E-state index contributed by atoms with van der Waals surface area (Å²) in [4.78, 5) is 4.44. The zero-order chi connectivity index (χ0) is 21.6. The number of hydrogen-bond donors (Lipinski definition) is 4. The second kappa shape index (κ2) is 11.5. The predicted octanol–water partition coefficient (Wildman–Crippen LogP) is 2.52. The molecule has 0 radical (unpaired) electrons. The van der Waals surface area contributed by atoms with Gasteiger partial charge in [0.25, 0.3) is 0 Å². The van der Waals surface area contributed by atoms with Crippen molar-refractivity contribution in [3.05, 3.63) is 35.4 Å². The first kappa shape index (κ1) is 28.1. The minimum absolute atomic E-state index is 0. The summed E-state index contributed by atoms with van der Waals surface area (Å²) in [6.45, 7) is 13.1. The van der Waals surface area contributed by atoms with Gasteiger partial charge in [0, 0.05) is 18.6 Å². The van der Waals surface area contributed by atoms with E-state index < -0.39 is 21.7 Å². The van der Waals surface area contributed by atoms with Gasteiger partial charge in [-0.3, -0.25) is 4.99 Å². The van der Waals surface area contributed by atoms with E-state index in [-0.39, 0.29) is 35.9 Å². The molecule has 168 valence electrons. The van der Waals surface area contributed by atoms with Gasteiger partial charge in [0.1, 0.15) is 0 Å². The molecule has 4 N–H and O–H groups in total. The van der Waals surface area contributed by atoms with Gasteiger partial charge in [-0.2, -0.15) is 0 Å². The molecule has 0 amide bonds. The quantitative estimate of drug-likeness (QED) is 0.231. The maximum atomic E-state index is 11.5. The second-order valence-corrected chi connectivity index (χ2v) is 10.5. The molecule has 0 bridgehead atoms. The SMILES string of the molecule is CCNC(=NCC(C)(C)NS(C)(=O)=O)NCC(O)c1ccc(C(C)(C)C)cc1.I. The lowest BCUT2D eigenvalue weighted by molar-refractivity contribution is 0.181. The number of aliphatic imine (C=N–C) groups is 1. The fourth-order valence-electron chi connectivity index (χ4n) is 2.67. The maximum absolute atomic E-state index is 11.5. The fraction of sp³-hybridized carbons (Fsp3) is 0.650. The smallest absolute Gasteiger partial charge is 0.209 e. The lowest BCUT2D eigenvalue weighted by Gasteiger charge is -2.24. The van der Waals surface area contributed by atoms with E-state index in [1.54, 1.807) is 13.8 Å². The average molecular weight is 541 g/mol.